The lowest BCUT2D eigenvalue weighted by Crippen LogP contribution is -2.45. The van der Waals surface area contributed by atoms with E-state index in [1.807, 2.05) is 6.92 Å². The Hall–Kier alpha value is -2.67. The van der Waals surface area contributed by atoms with Crippen molar-refractivity contribution in [2.75, 3.05) is 7.11 Å². The fraction of sp³-hybridized carbons (Fsp3) is 0.263. The van der Waals surface area contributed by atoms with Crippen LogP contribution < -0.4 is 4.74 Å². The number of hydrogen-bond donors (Lipinski definition) is 0. The molecule has 0 aromatic heterocycles. The molecule has 1 fully saturated rings. The first kappa shape index (κ1) is 18.1. The van der Waals surface area contributed by atoms with Crippen molar-refractivity contribution in [3.63, 3.8) is 0 Å². The molecular formula is C19H19NO5S. The van der Waals surface area contributed by atoms with Gasteiger partial charge in [-0.2, -0.15) is 0 Å². The Morgan fingerprint density at radius 2 is 1.69 bits per heavy atom. The molecule has 136 valence electrons. The zero-order valence-electron chi connectivity index (χ0n) is 14.5. The topological polar surface area (TPSA) is 80.8 Å². The van der Waals surface area contributed by atoms with Gasteiger partial charge in [0.1, 0.15) is 11.5 Å². The molecule has 6 nitrogen and oxygen atoms in total. The third-order valence-corrected chi connectivity index (χ3v) is 6.22. The highest BCUT2D eigenvalue weighted by atomic mass is 32.2. The van der Waals surface area contributed by atoms with E-state index >= 15 is 0 Å². The number of aryl methyl sites for hydroxylation is 1. The molecule has 1 heterocycles. The standard InChI is InChI=1S/C19H19NO5S/c1-13-7-9-15(10-8-13)26(23,24)20-17(11-14(21)12-19(20)22)16-5-3-4-6-18(16)25-2/h3-10,17H,11-12H2,1-2H3. The Morgan fingerprint density at radius 1 is 1.04 bits per heavy atom. The summed E-state index contributed by atoms with van der Waals surface area (Å²) in [5.74, 6) is -0.580. The molecule has 7 heteroatoms. The second kappa shape index (κ2) is 6.92. The van der Waals surface area contributed by atoms with E-state index in [4.69, 9.17) is 4.74 Å². The molecule has 0 bridgehead atoms. The molecule has 26 heavy (non-hydrogen) atoms. The first-order valence-corrected chi connectivity index (χ1v) is 9.57. The Bertz CT molecular complexity index is 950. The molecule has 1 aliphatic heterocycles. The number of para-hydroxylation sites is 1. The molecule has 1 saturated heterocycles. The molecular weight excluding hydrogens is 354 g/mol. The summed E-state index contributed by atoms with van der Waals surface area (Å²) in [7, 11) is -2.64. The summed E-state index contributed by atoms with van der Waals surface area (Å²) in [6.45, 7) is 1.85. The maximum Gasteiger partial charge on any atom is 0.267 e. The van der Waals surface area contributed by atoms with Crippen molar-refractivity contribution in [2.45, 2.75) is 30.7 Å². The maximum atomic E-state index is 13.2. The summed E-state index contributed by atoms with van der Waals surface area (Å²) in [6.07, 6.45) is -0.492. The van der Waals surface area contributed by atoms with Crippen LogP contribution in [0.25, 0.3) is 0 Å². The average molecular weight is 373 g/mol. The van der Waals surface area contributed by atoms with Gasteiger partial charge < -0.3 is 4.74 Å². The van der Waals surface area contributed by atoms with Crippen molar-refractivity contribution in [1.29, 1.82) is 0 Å². The quantitative estimate of drug-likeness (QED) is 0.770. The van der Waals surface area contributed by atoms with Crippen molar-refractivity contribution in [3.05, 3.63) is 59.7 Å². The number of benzene rings is 2. The second-order valence-electron chi connectivity index (χ2n) is 6.18. The smallest absolute Gasteiger partial charge is 0.267 e. The van der Waals surface area contributed by atoms with E-state index in [0.29, 0.717) is 11.3 Å². The molecule has 1 unspecified atom stereocenters. The van der Waals surface area contributed by atoms with Gasteiger partial charge in [-0.05, 0) is 25.1 Å². The van der Waals surface area contributed by atoms with Crippen molar-refractivity contribution >= 4 is 21.7 Å². The predicted octanol–water partition coefficient (Wildman–Crippen LogP) is 2.63. The largest absolute Gasteiger partial charge is 0.496 e. The van der Waals surface area contributed by atoms with Crippen LogP contribution in [0.1, 0.15) is 30.0 Å². The van der Waals surface area contributed by atoms with Crippen LogP contribution in [0, 0.1) is 6.92 Å². The van der Waals surface area contributed by atoms with Gasteiger partial charge in [0, 0.05) is 12.0 Å². The number of rotatable bonds is 4. The summed E-state index contributed by atoms with van der Waals surface area (Å²) >= 11 is 0. The predicted molar refractivity (Wildman–Crippen MR) is 95.2 cm³/mol. The summed E-state index contributed by atoms with van der Waals surface area (Å²) in [6, 6.07) is 12.2. The van der Waals surface area contributed by atoms with Crippen LogP contribution in [-0.2, 0) is 19.6 Å². The molecule has 0 N–H and O–H groups in total. The van der Waals surface area contributed by atoms with Gasteiger partial charge in [-0.1, -0.05) is 35.9 Å². The number of piperidine rings is 1. The highest BCUT2D eigenvalue weighted by Crippen LogP contribution is 2.38. The van der Waals surface area contributed by atoms with Crippen LogP contribution >= 0.6 is 0 Å². The molecule has 2 aromatic rings. The summed E-state index contributed by atoms with van der Waals surface area (Å²) in [5, 5.41) is 0. The zero-order chi connectivity index (χ0) is 18.9. The Kier molecular flexibility index (Phi) is 4.82. The number of carbonyl (C=O) groups excluding carboxylic acids is 2. The van der Waals surface area contributed by atoms with E-state index in [0.717, 1.165) is 9.87 Å². The molecule has 1 atom stereocenters. The van der Waals surface area contributed by atoms with E-state index < -0.39 is 28.4 Å². The third-order valence-electron chi connectivity index (χ3n) is 4.37. The molecule has 0 saturated carbocycles. The normalized spacial score (nSPS) is 18.1. The molecule has 0 spiro atoms. The second-order valence-corrected chi connectivity index (χ2v) is 8.00. The van der Waals surface area contributed by atoms with Gasteiger partial charge in [0.25, 0.3) is 10.0 Å². The highest BCUT2D eigenvalue weighted by Gasteiger charge is 2.42. The Balaban J connectivity index is 2.13. The van der Waals surface area contributed by atoms with Gasteiger partial charge in [-0.25, -0.2) is 12.7 Å². The number of hydrogen-bond acceptors (Lipinski definition) is 5. The average Bonchev–Trinajstić information content (AvgIpc) is 2.61. The van der Waals surface area contributed by atoms with Gasteiger partial charge in [0.05, 0.1) is 24.5 Å². The van der Waals surface area contributed by atoms with Crippen LogP contribution in [-0.4, -0.2) is 31.5 Å². The van der Waals surface area contributed by atoms with Gasteiger partial charge in [-0.15, -0.1) is 0 Å². The van der Waals surface area contributed by atoms with Crippen LogP contribution in [0.3, 0.4) is 0 Å². The van der Waals surface area contributed by atoms with Gasteiger partial charge in [0.2, 0.25) is 5.91 Å². The summed E-state index contributed by atoms with van der Waals surface area (Å²) in [4.78, 5) is 24.6. The van der Waals surface area contributed by atoms with Crippen LogP contribution in [0.5, 0.6) is 5.75 Å². The lowest BCUT2D eigenvalue weighted by molar-refractivity contribution is -0.137. The fourth-order valence-electron chi connectivity index (χ4n) is 3.09. The number of carbonyl (C=O) groups is 2. The first-order valence-electron chi connectivity index (χ1n) is 8.13. The fourth-order valence-corrected chi connectivity index (χ4v) is 4.66. The number of sulfonamides is 1. The van der Waals surface area contributed by atoms with E-state index in [2.05, 4.69) is 0 Å². The molecule has 0 aliphatic carbocycles. The minimum absolute atomic E-state index is 0.0192. The molecule has 3 rings (SSSR count). The Labute approximate surface area is 152 Å². The zero-order valence-corrected chi connectivity index (χ0v) is 15.3. The number of amides is 1. The first-order chi connectivity index (χ1) is 12.3. The number of ether oxygens (including phenoxy) is 1. The van der Waals surface area contributed by atoms with E-state index in [-0.39, 0.29) is 17.1 Å². The van der Waals surface area contributed by atoms with E-state index in [1.165, 1.54) is 19.2 Å². The SMILES string of the molecule is COc1ccccc1C1CC(=O)CC(=O)N1S(=O)(=O)c1ccc(C)cc1. The van der Waals surface area contributed by atoms with Crippen molar-refractivity contribution in [3.8, 4) is 5.75 Å². The van der Waals surface area contributed by atoms with E-state index in [1.54, 1.807) is 36.4 Å². The maximum absolute atomic E-state index is 13.2. The summed E-state index contributed by atoms with van der Waals surface area (Å²) < 4.78 is 32.4. The highest BCUT2D eigenvalue weighted by molar-refractivity contribution is 7.89. The molecule has 1 aliphatic rings. The lowest BCUT2D eigenvalue weighted by atomic mass is 9.95. The Morgan fingerprint density at radius 3 is 2.35 bits per heavy atom. The van der Waals surface area contributed by atoms with Gasteiger partial charge in [0.15, 0.2) is 0 Å². The van der Waals surface area contributed by atoms with Crippen LogP contribution in [0.2, 0.25) is 0 Å². The minimum atomic E-state index is -4.10. The van der Waals surface area contributed by atoms with Crippen LogP contribution in [0.4, 0.5) is 0 Å². The number of nitrogens with zero attached hydrogens (tertiary/aromatic N) is 1. The van der Waals surface area contributed by atoms with Crippen molar-refractivity contribution < 1.29 is 22.7 Å². The van der Waals surface area contributed by atoms with Crippen LogP contribution in [0.15, 0.2) is 53.4 Å². The molecule has 1 amide bonds. The molecule has 2 aromatic carbocycles. The lowest BCUT2D eigenvalue weighted by Gasteiger charge is -2.34. The molecule has 0 radical (unpaired) electrons. The number of methoxy groups -OCH3 is 1. The van der Waals surface area contributed by atoms with Gasteiger partial charge in [-0.3, -0.25) is 9.59 Å². The number of ketones is 1. The summed E-state index contributed by atoms with van der Waals surface area (Å²) in [5.41, 5.74) is 1.40. The van der Waals surface area contributed by atoms with Crippen molar-refractivity contribution in [2.24, 2.45) is 0 Å². The third kappa shape index (κ3) is 3.22. The monoisotopic (exact) mass is 373 g/mol. The van der Waals surface area contributed by atoms with E-state index in [9.17, 15) is 18.0 Å². The van der Waals surface area contributed by atoms with Gasteiger partial charge >= 0.3 is 0 Å². The minimum Gasteiger partial charge on any atom is -0.496 e. The number of Topliss-reactive ketones (excluding diaryl/α,β-unsaturated/α-hetero) is 1. The van der Waals surface area contributed by atoms with Crippen molar-refractivity contribution in [1.82, 2.24) is 4.31 Å².